The molecule has 0 spiro atoms. The van der Waals surface area contributed by atoms with Gasteiger partial charge in [-0.15, -0.1) is 0 Å². The Morgan fingerprint density at radius 1 is 1.05 bits per heavy atom. The van der Waals surface area contributed by atoms with E-state index in [4.69, 9.17) is 9.31 Å². The summed E-state index contributed by atoms with van der Waals surface area (Å²) >= 11 is 3.40. The molecule has 110 valence electrons. The van der Waals surface area contributed by atoms with E-state index >= 15 is 0 Å². The first-order valence-electron chi connectivity index (χ1n) is 6.93. The Balaban J connectivity index is 2.12. The van der Waals surface area contributed by atoms with Gasteiger partial charge in [-0.1, -0.05) is 35.0 Å². The lowest BCUT2D eigenvalue weighted by molar-refractivity contribution is 0.00578. The maximum atomic E-state index is 10.5. The van der Waals surface area contributed by atoms with Crippen LogP contribution in [0.15, 0.2) is 28.7 Å². The van der Waals surface area contributed by atoms with Crippen LogP contribution < -0.4 is 0 Å². The summed E-state index contributed by atoms with van der Waals surface area (Å²) in [5.41, 5.74) is 0.131. The molecule has 20 heavy (non-hydrogen) atoms. The van der Waals surface area contributed by atoms with Crippen molar-refractivity contribution in [3.05, 3.63) is 34.3 Å². The molecule has 1 aromatic rings. The van der Waals surface area contributed by atoms with E-state index in [9.17, 15) is 5.11 Å². The molecule has 1 heterocycles. The molecule has 0 radical (unpaired) electrons. The third-order valence-electron chi connectivity index (χ3n) is 4.41. The predicted octanol–water partition coefficient (Wildman–Crippen LogP) is 3.96. The zero-order valence-electron chi connectivity index (χ0n) is 12.7. The molecule has 0 aromatic heterocycles. The van der Waals surface area contributed by atoms with E-state index in [1.807, 2.05) is 58.9 Å². The van der Waals surface area contributed by atoms with E-state index in [0.717, 1.165) is 10.0 Å². The Bertz CT molecular complexity index is 457. The van der Waals surface area contributed by atoms with Gasteiger partial charge in [-0.05, 0) is 45.4 Å². The van der Waals surface area contributed by atoms with Gasteiger partial charge < -0.3 is 14.4 Å². The summed E-state index contributed by atoms with van der Waals surface area (Å²) < 4.78 is 13.0. The molecule has 2 rings (SSSR count). The van der Waals surface area contributed by atoms with Crippen molar-refractivity contribution in [1.82, 2.24) is 0 Å². The minimum absolute atomic E-state index is 0.141. The SMILES string of the molecule is C[C@@H](B1OC(C)(C)C(C)(C)O1)[C@@H](O)c1ccc(Br)cc1. The van der Waals surface area contributed by atoms with Crippen molar-refractivity contribution in [3.8, 4) is 0 Å². The van der Waals surface area contributed by atoms with Crippen molar-refractivity contribution in [2.24, 2.45) is 0 Å². The molecule has 0 amide bonds. The van der Waals surface area contributed by atoms with Gasteiger partial charge in [0.25, 0.3) is 0 Å². The average molecular weight is 341 g/mol. The number of benzene rings is 1. The zero-order valence-corrected chi connectivity index (χ0v) is 14.3. The smallest absolute Gasteiger partial charge is 0.403 e. The molecule has 0 saturated carbocycles. The van der Waals surface area contributed by atoms with Crippen LogP contribution in [-0.4, -0.2) is 23.4 Å². The van der Waals surface area contributed by atoms with Gasteiger partial charge in [0.1, 0.15) is 0 Å². The molecule has 1 N–H and O–H groups in total. The zero-order chi connectivity index (χ0) is 15.1. The number of hydrogen-bond acceptors (Lipinski definition) is 3. The van der Waals surface area contributed by atoms with Crippen LogP contribution >= 0.6 is 15.9 Å². The van der Waals surface area contributed by atoms with E-state index in [-0.39, 0.29) is 17.0 Å². The lowest BCUT2D eigenvalue weighted by Crippen LogP contribution is -2.41. The summed E-state index contributed by atoms with van der Waals surface area (Å²) in [7, 11) is -0.404. The van der Waals surface area contributed by atoms with Gasteiger partial charge in [-0.25, -0.2) is 0 Å². The summed E-state index contributed by atoms with van der Waals surface area (Å²) in [5.74, 6) is -0.141. The van der Waals surface area contributed by atoms with E-state index in [0.29, 0.717) is 0 Å². The van der Waals surface area contributed by atoms with Crippen molar-refractivity contribution in [1.29, 1.82) is 0 Å². The second-order valence-electron chi connectivity index (χ2n) is 6.48. The van der Waals surface area contributed by atoms with Crippen LogP contribution in [0.2, 0.25) is 5.82 Å². The van der Waals surface area contributed by atoms with Crippen molar-refractivity contribution < 1.29 is 14.4 Å². The number of aliphatic hydroxyl groups excluding tert-OH is 1. The first-order chi connectivity index (χ1) is 9.14. The van der Waals surface area contributed by atoms with Crippen LogP contribution in [0.25, 0.3) is 0 Å². The topological polar surface area (TPSA) is 38.7 Å². The molecule has 1 aliphatic heterocycles. The summed E-state index contributed by atoms with van der Waals surface area (Å²) in [6.45, 7) is 10.0. The Morgan fingerprint density at radius 2 is 1.50 bits per heavy atom. The fourth-order valence-corrected chi connectivity index (χ4v) is 2.48. The highest BCUT2D eigenvalue weighted by molar-refractivity contribution is 9.10. The first-order valence-corrected chi connectivity index (χ1v) is 7.72. The van der Waals surface area contributed by atoms with E-state index in [1.54, 1.807) is 0 Å². The predicted molar refractivity (Wildman–Crippen MR) is 84.6 cm³/mol. The molecule has 0 bridgehead atoms. The molecule has 1 aliphatic rings. The monoisotopic (exact) mass is 340 g/mol. The average Bonchev–Trinajstić information content (AvgIpc) is 2.57. The molecular weight excluding hydrogens is 319 g/mol. The highest BCUT2D eigenvalue weighted by Crippen LogP contribution is 2.43. The van der Waals surface area contributed by atoms with Crippen LogP contribution in [0.4, 0.5) is 0 Å². The minimum Gasteiger partial charge on any atom is -0.403 e. The summed E-state index contributed by atoms with van der Waals surface area (Å²) in [6, 6.07) is 7.68. The summed E-state index contributed by atoms with van der Waals surface area (Å²) in [4.78, 5) is 0. The number of aliphatic hydroxyl groups is 1. The van der Waals surface area contributed by atoms with Gasteiger partial charge in [0.15, 0.2) is 0 Å². The Kier molecular flexibility index (Phi) is 4.36. The fraction of sp³-hybridized carbons (Fsp3) is 0.600. The van der Waals surface area contributed by atoms with Gasteiger partial charge in [0.05, 0.1) is 17.3 Å². The van der Waals surface area contributed by atoms with Crippen molar-refractivity contribution in [2.45, 2.75) is 57.7 Å². The Hall–Kier alpha value is -0.355. The molecule has 2 atom stereocenters. The highest BCUT2D eigenvalue weighted by Gasteiger charge is 2.53. The lowest BCUT2D eigenvalue weighted by Gasteiger charge is -2.32. The first kappa shape index (κ1) is 16.0. The molecule has 0 aliphatic carbocycles. The van der Waals surface area contributed by atoms with Crippen LogP contribution in [0.3, 0.4) is 0 Å². The second-order valence-corrected chi connectivity index (χ2v) is 7.40. The van der Waals surface area contributed by atoms with Gasteiger partial charge in [-0.3, -0.25) is 0 Å². The van der Waals surface area contributed by atoms with Gasteiger partial charge in [-0.2, -0.15) is 0 Å². The molecule has 1 aromatic carbocycles. The van der Waals surface area contributed by atoms with Gasteiger partial charge in [0, 0.05) is 10.3 Å². The third kappa shape index (κ3) is 2.96. The minimum atomic E-state index is -0.613. The number of hydrogen-bond donors (Lipinski definition) is 1. The van der Waals surface area contributed by atoms with Crippen LogP contribution in [0, 0.1) is 0 Å². The van der Waals surface area contributed by atoms with Crippen molar-refractivity contribution in [2.75, 3.05) is 0 Å². The van der Waals surface area contributed by atoms with Crippen molar-refractivity contribution >= 4 is 23.0 Å². The standard InChI is InChI=1S/C15H22BBrO3/c1-10(13(18)11-6-8-12(17)9-7-11)16-19-14(2,3)15(4,5)20-16/h6-10,13,18H,1-5H3/t10-,13-/m1/s1. The van der Waals surface area contributed by atoms with Gasteiger partial charge in [0.2, 0.25) is 0 Å². The maximum absolute atomic E-state index is 10.5. The van der Waals surface area contributed by atoms with Crippen LogP contribution in [0.5, 0.6) is 0 Å². The molecule has 3 nitrogen and oxygen atoms in total. The third-order valence-corrected chi connectivity index (χ3v) is 4.94. The largest absolute Gasteiger partial charge is 0.463 e. The molecular formula is C15H22BBrO3. The van der Waals surface area contributed by atoms with E-state index < -0.39 is 13.2 Å². The van der Waals surface area contributed by atoms with E-state index in [2.05, 4.69) is 15.9 Å². The molecule has 0 unspecified atom stereocenters. The van der Waals surface area contributed by atoms with Gasteiger partial charge >= 0.3 is 7.12 Å². The second kappa shape index (κ2) is 5.45. The molecule has 5 heteroatoms. The number of halogens is 1. The van der Waals surface area contributed by atoms with Crippen molar-refractivity contribution in [3.63, 3.8) is 0 Å². The highest BCUT2D eigenvalue weighted by atomic mass is 79.9. The fourth-order valence-electron chi connectivity index (χ4n) is 2.22. The van der Waals surface area contributed by atoms with Crippen LogP contribution in [0.1, 0.15) is 46.3 Å². The Morgan fingerprint density at radius 3 is 1.95 bits per heavy atom. The molecule has 1 fully saturated rings. The maximum Gasteiger partial charge on any atom is 0.463 e. The Labute approximate surface area is 129 Å². The normalized spacial score (nSPS) is 23.6. The van der Waals surface area contributed by atoms with E-state index in [1.165, 1.54) is 0 Å². The van der Waals surface area contributed by atoms with Crippen LogP contribution in [-0.2, 0) is 9.31 Å². The quantitative estimate of drug-likeness (QED) is 0.846. The number of rotatable bonds is 3. The summed E-state index contributed by atoms with van der Waals surface area (Å²) in [6.07, 6.45) is -0.613. The lowest BCUT2D eigenvalue weighted by atomic mass is 9.68. The molecule has 1 saturated heterocycles. The summed E-state index contributed by atoms with van der Waals surface area (Å²) in [5, 5.41) is 10.5.